The van der Waals surface area contributed by atoms with E-state index in [1.54, 1.807) is 0 Å². The zero-order valence-electron chi connectivity index (χ0n) is 8.76. The van der Waals surface area contributed by atoms with Gasteiger partial charge in [0.05, 0.1) is 0 Å². The van der Waals surface area contributed by atoms with Crippen LogP contribution in [0.3, 0.4) is 0 Å². The standard InChI is InChI=1S/C12H11ClN2O/c1-8-3-2-4-9(5-8)11(16)10-6-14-12(13)15-7-10/h2-7,11,16H,1H3. The van der Waals surface area contributed by atoms with Crippen molar-refractivity contribution in [3.8, 4) is 0 Å². The van der Waals surface area contributed by atoms with Gasteiger partial charge in [0, 0.05) is 18.0 Å². The van der Waals surface area contributed by atoms with E-state index < -0.39 is 6.10 Å². The summed E-state index contributed by atoms with van der Waals surface area (Å²) >= 11 is 5.58. The van der Waals surface area contributed by atoms with Crippen LogP contribution in [0.25, 0.3) is 0 Å². The summed E-state index contributed by atoms with van der Waals surface area (Å²) in [6.45, 7) is 1.98. The Balaban J connectivity index is 2.31. The first-order chi connectivity index (χ1) is 7.66. The van der Waals surface area contributed by atoms with Gasteiger partial charge in [0.25, 0.3) is 0 Å². The van der Waals surface area contributed by atoms with Gasteiger partial charge in [-0.25, -0.2) is 9.97 Å². The van der Waals surface area contributed by atoms with Crippen molar-refractivity contribution in [1.29, 1.82) is 0 Å². The number of nitrogens with zero attached hydrogens (tertiary/aromatic N) is 2. The first kappa shape index (κ1) is 11.0. The normalized spacial score (nSPS) is 12.4. The van der Waals surface area contributed by atoms with Crippen LogP contribution in [-0.4, -0.2) is 15.1 Å². The number of aromatic nitrogens is 2. The fraction of sp³-hybridized carbons (Fsp3) is 0.167. The Labute approximate surface area is 98.8 Å². The maximum atomic E-state index is 10.1. The molecule has 0 saturated heterocycles. The molecule has 2 aromatic rings. The molecule has 1 heterocycles. The molecule has 0 aliphatic heterocycles. The lowest BCUT2D eigenvalue weighted by molar-refractivity contribution is 0.219. The number of aliphatic hydroxyl groups excluding tert-OH is 1. The predicted octanol–water partition coefficient (Wildman–Crippen LogP) is 2.52. The van der Waals surface area contributed by atoms with Gasteiger partial charge in [-0.1, -0.05) is 29.8 Å². The zero-order valence-corrected chi connectivity index (χ0v) is 9.52. The number of hydrogen-bond donors (Lipinski definition) is 1. The van der Waals surface area contributed by atoms with Gasteiger partial charge >= 0.3 is 0 Å². The van der Waals surface area contributed by atoms with Crippen molar-refractivity contribution in [2.24, 2.45) is 0 Å². The minimum Gasteiger partial charge on any atom is -0.384 e. The fourth-order valence-electron chi connectivity index (χ4n) is 1.50. The van der Waals surface area contributed by atoms with E-state index in [1.807, 2.05) is 31.2 Å². The van der Waals surface area contributed by atoms with Crippen LogP contribution < -0.4 is 0 Å². The molecule has 3 nitrogen and oxygen atoms in total. The summed E-state index contributed by atoms with van der Waals surface area (Å²) in [4.78, 5) is 7.68. The predicted molar refractivity (Wildman–Crippen MR) is 62.3 cm³/mol. The Morgan fingerprint density at radius 1 is 1.19 bits per heavy atom. The van der Waals surface area contributed by atoms with E-state index in [-0.39, 0.29) is 5.28 Å². The van der Waals surface area contributed by atoms with Crippen LogP contribution in [0.5, 0.6) is 0 Å². The van der Waals surface area contributed by atoms with Crippen LogP contribution >= 0.6 is 11.6 Å². The molecule has 1 aromatic carbocycles. The van der Waals surface area contributed by atoms with E-state index in [0.29, 0.717) is 5.56 Å². The maximum Gasteiger partial charge on any atom is 0.222 e. The van der Waals surface area contributed by atoms with Crippen LogP contribution in [0.1, 0.15) is 22.8 Å². The molecule has 0 spiro atoms. The summed E-state index contributed by atoms with van der Waals surface area (Å²) in [5, 5.41) is 10.3. The SMILES string of the molecule is Cc1cccc(C(O)c2cnc(Cl)nc2)c1. The summed E-state index contributed by atoms with van der Waals surface area (Å²) in [6, 6.07) is 7.69. The van der Waals surface area contributed by atoms with Gasteiger partial charge in [0.2, 0.25) is 5.28 Å². The van der Waals surface area contributed by atoms with Crippen molar-refractivity contribution < 1.29 is 5.11 Å². The lowest BCUT2D eigenvalue weighted by atomic mass is 10.0. The van der Waals surface area contributed by atoms with Gasteiger partial charge < -0.3 is 5.11 Å². The molecule has 0 saturated carbocycles. The third-order valence-corrected chi connectivity index (χ3v) is 2.51. The Kier molecular flexibility index (Phi) is 3.17. The van der Waals surface area contributed by atoms with Crippen LogP contribution in [0.4, 0.5) is 0 Å². The maximum absolute atomic E-state index is 10.1. The van der Waals surface area contributed by atoms with E-state index in [9.17, 15) is 5.11 Å². The number of aryl methyl sites for hydroxylation is 1. The highest BCUT2D eigenvalue weighted by molar-refractivity contribution is 6.28. The topological polar surface area (TPSA) is 46.0 Å². The number of aliphatic hydroxyl groups is 1. The lowest BCUT2D eigenvalue weighted by Gasteiger charge is -2.11. The zero-order chi connectivity index (χ0) is 11.5. The highest BCUT2D eigenvalue weighted by atomic mass is 35.5. The van der Waals surface area contributed by atoms with Crippen LogP contribution in [-0.2, 0) is 0 Å². The van der Waals surface area contributed by atoms with Gasteiger partial charge in [0.15, 0.2) is 0 Å². The summed E-state index contributed by atoms with van der Waals surface area (Å²) in [6.07, 6.45) is 2.35. The first-order valence-corrected chi connectivity index (χ1v) is 5.26. The molecule has 1 N–H and O–H groups in total. The van der Waals surface area contributed by atoms with Crippen molar-refractivity contribution in [2.45, 2.75) is 13.0 Å². The van der Waals surface area contributed by atoms with Crippen molar-refractivity contribution in [1.82, 2.24) is 9.97 Å². The van der Waals surface area contributed by atoms with E-state index >= 15 is 0 Å². The molecule has 0 bridgehead atoms. The third kappa shape index (κ3) is 2.38. The molecule has 1 aromatic heterocycles. The number of rotatable bonds is 2. The van der Waals surface area contributed by atoms with Gasteiger partial charge in [0.1, 0.15) is 6.10 Å². The van der Waals surface area contributed by atoms with Crippen molar-refractivity contribution in [2.75, 3.05) is 0 Å². The largest absolute Gasteiger partial charge is 0.384 e. The summed E-state index contributed by atoms with van der Waals surface area (Å²) in [5.41, 5.74) is 2.56. The number of halogens is 1. The summed E-state index contributed by atoms with van der Waals surface area (Å²) in [5.74, 6) is 0. The Hall–Kier alpha value is -1.45. The first-order valence-electron chi connectivity index (χ1n) is 4.89. The summed E-state index contributed by atoms with van der Waals surface area (Å²) < 4.78 is 0. The summed E-state index contributed by atoms with van der Waals surface area (Å²) in [7, 11) is 0. The molecule has 2 rings (SSSR count). The van der Waals surface area contributed by atoms with E-state index in [2.05, 4.69) is 9.97 Å². The van der Waals surface area contributed by atoms with Crippen LogP contribution in [0.2, 0.25) is 5.28 Å². The second-order valence-corrected chi connectivity index (χ2v) is 3.94. The molecule has 1 unspecified atom stereocenters. The highest BCUT2D eigenvalue weighted by Gasteiger charge is 2.11. The smallest absolute Gasteiger partial charge is 0.222 e. The minimum absolute atomic E-state index is 0.181. The van der Waals surface area contributed by atoms with E-state index in [0.717, 1.165) is 11.1 Å². The van der Waals surface area contributed by atoms with Crippen molar-refractivity contribution in [3.63, 3.8) is 0 Å². The monoisotopic (exact) mass is 234 g/mol. The molecular weight excluding hydrogens is 224 g/mol. The molecule has 4 heteroatoms. The molecule has 0 fully saturated rings. The second-order valence-electron chi connectivity index (χ2n) is 3.60. The molecule has 0 aliphatic rings. The quantitative estimate of drug-likeness (QED) is 0.813. The number of benzene rings is 1. The van der Waals surface area contributed by atoms with Crippen molar-refractivity contribution in [3.05, 3.63) is 58.6 Å². The second kappa shape index (κ2) is 4.60. The Morgan fingerprint density at radius 3 is 2.50 bits per heavy atom. The van der Waals surface area contributed by atoms with Gasteiger partial charge in [-0.05, 0) is 24.1 Å². The van der Waals surface area contributed by atoms with Gasteiger partial charge in [-0.15, -0.1) is 0 Å². The third-order valence-electron chi connectivity index (χ3n) is 2.31. The lowest BCUT2D eigenvalue weighted by Crippen LogP contribution is -2.01. The number of hydrogen-bond acceptors (Lipinski definition) is 3. The average molecular weight is 235 g/mol. The Morgan fingerprint density at radius 2 is 1.88 bits per heavy atom. The molecule has 82 valence electrons. The van der Waals surface area contributed by atoms with Gasteiger partial charge in [-0.3, -0.25) is 0 Å². The molecule has 0 amide bonds. The fourth-order valence-corrected chi connectivity index (χ4v) is 1.59. The molecular formula is C12H11ClN2O. The Bertz CT molecular complexity index is 485. The molecule has 0 aliphatic carbocycles. The van der Waals surface area contributed by atoms with Crippen LogP contribution in [0, 0.1) is 6.92 Å². The van der Waals surface area contributed by atoms with Crippen molar-refractivity contribution >= 4 is 11.6 Å². The van der Waals surface area contributed by atoms with Gasteiger partial charge in [-0.2, -0.15) is 0 Å². The molecule has 16 heavy (non-hydrogen) atoms. The van der Waals surface area contributed by atoms with Crippen LogP contribution in [0.15, 0.2) is 36.7 Å². The highest BCUT2D eigenvalue weighted by Crippen LogP contribution is 2.21. The van der Waals surface area contributed by atoms with E-state index in [4.69, 9.17) is 11.6 Å². The molecule has 1 atom stereocenters. The average Bonchev–Trinajstić information content (AvgIpc) is 2.29. The molecule has 0 radical (unpaired) electrons. The van der Waals surface area contributed by atoms with E-state index in [1.165, 1.54) is 12.4 Å². The minimum atomic E-state index is -0.711.